The first-order valence-corrected chi connectivity index (χ1v) is 5.12. The summed E-state index contributed by atoms with van der Waals surface area (Å²) < 4.78 is 0. The van der Waals surface area contributed by atoms with Crippen molar-refractivity contribution in [1.82, 2.24) is 5.43 Å². The Morgan fingerprint density at radius 3 is 2.57 bits per heavy atom. The van der Waals surface area contributed by atoms with Gasteiger partial charge in [0.1, 0.15) is 0 Å². The monoisotopic (exact) mass is 194 g/mol. The zero-order chi connectivity index (χ0) is 10.2. The molecule has 0 saturated carbocycles. The Morgan fingerprint density at radius 2 is 1.93 bits per heavy atom. The molecular weight excluding hydrogens is 176 g/mol. The second kappa shape index (κ2) is 6.40. The molecule has 3 nitrogen and oxygen atoms in total. The third kappa shape index (κ3) is 3.77. The van der Waals surface area contributed by atoms with Crippen molar-refractivity contribution in [2.24, 2.45) is 0 Å². The number of para-hydroxylation sites is 1. The minimum absolute atomic E-state index is 0.768. The fraction of sp³-hybridized carbons (Fsp3) is 0.455. The maximum absolute atomic E-state index is 9.54. The molecule has 0 heterocycles. The molecule has 0 radical (unpaired) electrons. The fourth-order valence-corrected chi connectivity index (χ4v) is 1.22. The van der Waals surface area contributed by atoms with Crippen LogP contribution in [0.5, 0.6) is 0 Å². The van der Waals surface area contributed by atoms with Gasteiger partial charge in [-0.2, -0.15) is 5.17 Å². The molecule has 0 aliphatic carbocycles. The number of hydrazine groups is 1. The van der Waals surface area contributed by atoms with Crippen molar-refractivity contribution in [3.63, 3.8) is 0 Å². The SMILES string of the molecule is CCCCCNN(O)c1ccccc1. The lowest BCUT2D eigenvalue weighted by Crippen LogP contribution is -2.35. The van der Waals surface area contributed by atoms with Crippen LogP contribution >= 0.6 is 0 Å². The lowest BCUT2D eigenvalue weighted by atomic mass is 10.2. The summed E-state index contributed by atoms with van der Waals surface area (Å²) in [4.78, 5) is 0. The Labute approximate surface area is 85.3 Å². The molecule has 3 heteroatoms. The standard InChI is InChI=1S/C11H18N2O/c1-2-3-7-10-12-13(14)11-8-5-4-6-9-11/h4-6,8-9,12,14H,2-3,7,10H2,1H3. The Morgan fingerprint density at radius 1 is 1.21 bits per heavy atom. The summed E-state index contributed by atoms with van der Waals surface area (Å²) in [5.74, 6) is 0. The number of unbranched alkanes of at least 4 members (excludes halogenated alkanes) is 2. The second-order valence-corrected chi connectivity index (χ2v) is 3.26. The molecule has 0 fully saturated rings. The predicted molar refractivity (Wildman–Crippen MR) is 58.2 cm³/mol. The molecule has 0 aromatic heterocycles. The summed E-state index contributed by atoms with van der Waals surface area (Å²) in [5.41, 5.74) is 3.69. The van der Waals surface area contributed by atoms with E-state index in [9.17, 15) is 5.21 Å². The number of rotatable bonds is 6. The lowest BCUT2D eigenvalue weighted by Gasteiger charge is -2.17. The van der Waals surface area contributed by atoms with Gasteiger partial charge < -0.3 is 0 Å². The summed E-state index contributed by atoms with van der Waals surface area (Å²) in [5, 5.41) is 10.6. The van der Waals surface area contributed by atoms with E-state index in [0.717, 1.165) is 23.8 Å². The second-order valence-electron chi connectivity index (χ2n) is 3.26. The number of nitrogens with zero attached hydrogens (tertiary/aromatic N) is 1. The van der Waals surface area contributed by atoms with Gasteiger partial charge in [-0.3, -0.25) is 5.21 Å². The Bertz CT molecular complexity index is 238. The summed E-state index contributed by atoms with van der Waals surface area (Å²) in [6, 6.07) is 9.42. The first-order chi connectivity index (χ1) is 6.84. The Balaban J connectivity index is 2.25. The van der Waals surface area contributed by atoms with Gasteiger partial charge in [-0.25, -0.2) is 5.43 Å². The molecule has 1 rings (SSSR count). The van der Waals surface area contributed by atoms with Crippen LogP contribution in [-0.2, 0) is 0 Å². The highest BCUT2D eigenvalue weighted by molar-refractivity contribution is 5.41. The Kier molecular flexibility index (Phi) is 5.04. The first kappa shape index (κ1) is 11.0. The number of nitrogens with one attached hydrogen (secondary N) is 1. The number of hydrogen-bond acceptors (Lipinski definition) is 3. The third-order valence-electron chi connectivity index (χ3n) is 2.04. The minimum atomic E-state index is 0.768. The van der Waals surface area contributed by atoms with Crippen LogP contribution in [0.15, 0.2) is 30.3 Å². The van der Waals surface area contributed by atoms with Crippen molar-refractivity contribution in [1.29, 1.82) is 0 Å². The van der Waals surface area contributed by atoms with Crippen LogP contribution < -0.4 is 10.6 Å². The van der Waals surface area contributed by atoms with Crippen LogP contribution in [0, 0.1) is 0 Å². The molecule has 0 atom stereocenters. The minimum Gasteiger partial charge on any atom is -0.273 e. The van der Waals surface area contributed by atoms with Crippen molar-refractivity contribution in [2.45, 2.75) is 26.2 Å². The van der Waals surface area contributed by atoms with E-state index in [2.05, 4.69) is 12.3 Å². The van der Waals surface area contributed by atoms with Gasteiger partial charge in [0.25, 0.3) is 0 Å². The van der Waals surface area contributed by atoms with Gasteiger partial charge in [0.2, 0.25) is 0 Å². The first-order valence-electron chi connectivity index (χ1n) is 5.12. The zero-order valence-corrected chi connectivity index (χ0v) is 8.61. The van der Waals surface area contributed by atoms with Crippen LogP contribution in [-0.4, -0.2) is 11.8 Å². The molecule has 0 spiro atoms. The predicted octanol–water partition coefficient (Wildman–Crippen LogP) is 2.58. The van der Waals surface area contributed by atoms with Gasteiger partial charge in [0.05, 0.1) is 5.69 Å². The molecule has 1 aromatic carbocycles. The van der Waals surface area contributed by atoms with E-state index >= 15 is 0 Å². The maximum atomic E-state index is 9.54. The number of benzene rings is 1. The molecule has 0 aliphatic rings. The van der Waals surface area contributed by atoms with Gasteiger partial charge in [0, 0.05) is 6.54 Å². The quantitative estimate of drug-likeness (QED) is 0.539. The molecule has 0 saturated heterocycles. The smallest absolute Gasteiger partial charge is 0.0820 e. The van der Waals surface area contributed by atoms with E-state index in [-0.39, 0.29) is 0 Å². The van der Waals surface area contributed by atoms with Crippen LogP contribution in [0.3, 0.4) is 0 Å². The summed E-state index contributed by atoms with van der Waals surface area (Å²) in [7, 11) is 0. The van der Waals surface area contributed by atoms with Gasteiger partial charge in [-0.05, 0) is 18.6 Å². The van der Waals surface area contributed by atoms with Crippen molar-refractivity contribution in [2.75, 3.05) is 11.7 Å². The normalized spacial score (nSPS) is 10.1. The molecule has 2 N–H and O–H groups in total. The largest absolute Gasteiger partial charge is 0.273 e. The highest BCUT2D eigenvalue weighted by Crippen LogP contribution is 2.07. The summed E-state index contributed by atoms with van der Waals surface area (Å²) >= 11 is 0. The molecular formula is C11H18N2O. The zero-order valence-electron chi connectivity index (χ0n) is 8.61. The van der Waals surface area contributed by atoms with Crippen LogP contribution in [0.1, 0.15) is 26.2 Å². The van der Waals surface area contributed by atoms with E-state index in [0.29, 0.717) is 0 Å². The van der Waals surface area contributed by atoms with Crippen molar-refractivity contribution >= 4 is 5.69 Å². The molecule has 0 unspecified atom stereocenters. The van der Waals surface area contributed by atoms with Crippen LogP contribution in [0.25, 0.3) is 0 Å². The molecule has 1 aromatic rings. The van der Waals surface area contributed by atoms with Crippen molar-refractivity contribution < 1.29 is 5.21 Å². The summed E-state index contributed by atoms with van der Waals surface area (Å²) in [6.07, 6.45) is 3.47. The highest BCUT2D eigenvalue weighted by Gasteiger charge is 1.99. The average molecular weight is 194 g/mol. The van der Waals surface area contributed by atoms with E-state index in [1.165, 1.54) is 12.8 Å². The molecule has 0 bridgehead atoms. The van der Waals surface area contributed by atoms with Crippen molar-refractivity contribution in [3.05, 3.63) is 30.3 Å². The van der Waals surface area contributed by atoms with E-state index in [1.54, 1.807) is 0 Å². The lowest BCUT2D eigenvalue weighted by molar-refractivity contribution is 0.210. The van der Waals surface area contributed by atoms with E-state index in [4.69, 9.17) is 0 Å². The number of anilines is 1. The summed E-state index contributed by atoms with van der Waals surface area (Å²) in [6.45, 7) is 2.97. The molecule has 0 aliphatic heterocycles. The molecule has 0 amide bonds. The van der Waals surface area contributed by atoms with E-state index < -0.39 is 0 Å². The van der Waals surface area contributed by atoms with Crippen LogP contribution in [0.4, 0.5) is 5.69 Å². The van der Waals surface area contributed by atoms with E-state index in [1.807, 2.05) is 30.3 Å². The van der Waals surface area contributed by atoms with Gasteiger partial charge in [-0.15, -0.1) is 0 Å². The molecule has 78 valence electrons. The fourth-order valence-electron chi connectivity index (χ4n) is 1.22. The van der Waals surface area contributed by atoms with Gasteiger partial charge in [-0.1, -0.05) is 38.0 Å². The van der Waals surface area contributed by atoms with Crippen LogP contribution in [0.2, 0.25) is 0 Å². The van der Waals surface area contributed by atoms with Gasteiger partial charge in [0.15, 0.2) is 0 Å². The molecule has 14 heavy (non-hydrogen) atoms. The average Bonchev–Trinajstić information content (AvgIpc) is 2.25. The Hall–Kier alpha value is -1.06. The third-order valence-corrected chi connectivity index (χ3v) is 2.04. The highest BCUT2D eigenvalue weighted by atomic mass is 16.5. The topological polar surface area (TPSA) is 35.5 Å². The number of hydrogen-bond donors (Lipinski definition) is 2. The van der Waals surface area contributed by atoms with Crippen molar-refractivity contribution in [3.8, 4) is 0 Å². The maximum Gasteiger partial charge on any atom is 0.0820 e. The van der Waals surface area contributed by atoms with Gasteiger partial charge >= 0.3 is 0 Å².